The maximum absolute atomic E-state index is 10.4. The highest BCUT2D eigenvalue weighted by molar-refractivity contribution is 9.10. The number of aliphatic hydroxyl groups is 1. The summed E-state index contributed by atoms with van der Waals surface area (Å²) in [6.07, 6.45) is -0.597. The minimum atomic E-state index is -0.597. The van der Waals surface area contributed by atoms with Gasteiger partial charge in [-0.05, 0) is 53.5 Å². The average Bonchev–Trinajstić information content (AvgIpc) is 2.69. The SMILES string of the molecule is CCOc1cccc(C(O)c2cc(Br)c(C)s2)c1. The molecule has 0 fully saturated rings. The predicted molar refractivity (Wildman–Crippen MR) is 78.4 cm³/mol. The Bertz CT molecular complexity index is 517. The predicted octanol–water partition coefficient (Wildman–Crippen LogP) is 4.30. The maximum Gasteiger partial charge on any atom is 0.119 e. The number of thiophene rings is 1. The maximum atomic E-state index is 10.4. The van der Waals surface area contributed by atoms with Crippen LogP contribution in [0.15, 0.2) is 34.8 Å². The third kappa shape index (κ3) is 2.94. The first-order valence-electron chi connectivity index (χ1n) is 5.78. The zero-order valence-corrected chi connectivity index (χ0v) is 12.7. The van der Waals surface area contributed by atoms with Crippen molar-refractivity contribution in [3.63, 3.8) is 0 Å². The Morgan fingerprint density at radius 1 is 1.39 bits per heavy atom. The molecule has 2 aromatic rings. The number of rotatable bonds is 4. The molecule has 1 aromatic heterocycles. The molecule has 96 valence electrons. The van der Waals surface area contributed by atoms with Crippen LogP contribution in [0.5, 0.6) is 5.75 Å². The number of ether oxygens (including phenoxy) is 1. The summed E-state index contributed by atoms with van der Waals surface area (Å²) < 4.78 is 6.49. The van der Waals surface area contributed by atoms with E-state index in [-0.39, 0.29) is 0 Å². The molecule has 1 aromatic carbocycles. The first kappa shape index (κ1) is 13.6. The summed E-state index contributed by atoms with van der Waals surface area (Å²) in [5.74, 6) is 0.793. The van der Waals surface area contributed by atoms with E-state index in [4.69, 9.17) is 4.74 Å². The van der Waals surface area contributed by atoms with Crippen molar-refractivity contribution in [1.29, 1.82) is 0 Å². The molecule has 0 bridgehead atoms. The molecule has 1 atom stereocenters. The quantitative estimate of drug-likeness (QED) is 0.907. The van der Waals surface area contributed by atoms with E-state index in [1.807, 2.05) is 44.2 Å². The van der Waals surface area contributed by atoms with Gasteiger partial charge in [-0.3, -0.25) is 0 Å². The van der Waals surface area contributed by atoms with Crippen molar-refractivity contribution in [1.82, 2.24) is 0 Å². The lowest BCUT2D eigenvalue weighted by atomic mass is 10.1. The lowest BCUT2D eigenvalue weighted by molar-refractivity contribution is 0.223. The van der Waals surface area contributed by atoms with E-state index < -0.39 is 6.10 Å². The first-order valence-corrected chi connectivity index (χ1v) is 7.39. The smallest absolute Gasteiger partial charge is 0.119 e. The summed E-state index contributed by atoms with van der Waals surface area (Å²) in [4.78, 5) is 2.11. The Morgan fingerprint density at radius 3 is 2.78 bits per heavy atom. The van der Waals surface area contributed by atoms with Gasteiger partial charge in [0.05, 0.1) is 6.61 Å². The van der Waals surface area contributed by atoms with Gasteiger partial charge in [-0.1, -0.05) is 12.1 Å². The fourth-order valence-electron chi connectivity index (χ4n) is 1.72. The fourth-order valence-corrected chi connectivity index (χ4v) is 3.30. The van der Waals surface area contributed by atoms with E-state index in [9.17, 15) is 5.11 Å². The molecule has 0 saturated heterocycles. The van der Waals surface area contributed by atoms with Crippen LogP contribution >= 0.6 is 27.3 Å². The van der Waals surface area contributed by atoms with Crippen molar-refractivity contribution in [2.24, 2.45) is 0 Å². The molecule has 1 N–H and O–H groups in total. The monoisotopic (exact) mass is 326 g/mol. The molecule has 0 aliphatic rings. The molecule has 4 heteroatoms. The third-order valence-electron chi connectivity index (χ3n) is 2.63. The molecule has 1 heterocycles. The van der Waals surface area contributed by atoms with Gasteiger partial charge in [-0.2, -0.15) is 0 Å². The Morgan fingerprint density at radius 2 is 2.17 bits per heavy atom. The molecular weight excluding hydrogens is 312 g/mol. The van der Waals surface area contributed by atoms with Crippen LogP contribution in [-0.2, 0) is 0 Å². The Labute approximate surface area is 119 Å². The summed E-state index contributed by atoms with van der Waals surface area (Å²) in [7, 11) is 0. The largest absolute Gasteiger partial charge is 0.494 e. The van der Waals surface area contributed by atoms with Gasteiger partial charge in [-0.15, -0.1) is 11.3 Å². The number of aryl methyl sites for hydroxylation is 1. The van der Waals surface area contributed by atoms with Crippen molar-refractivity contribution in [3.05, 3.63) is 50.1 Å². The molecule has 0 aliphatic heterocycles. The molecule has 18 heavy (non-hydrogen) atoms. The summed E-state index contributed by atoms with van der Waals surface area (Å²) in [5, 5.41) is 10.4. The molecule has 2 nitrogen and oxygen atoms in total. The lowest BCUT2D eigenvalue weighted by Gasteiger charge is -2.11. The third-order valence-corrected chi connectivity index (χ3v) is 4.82. The molecule has 0 spiro atoms. The molecule has 0 saturated carbocycles. The summed E-state index contributed by atoms with van der Waals surface area (Å²) in [6, 6.07) is 9.57. The molecule has 2 rings (SSSR count). The van der Waals surface area contributed by atoms with Gasteiger partial charge in [0, 0.05) is 14.2 Å². The van der Waals surface area contributed by atoms with Gasteiger partial charge in [0.25, 0.3) is 0 Å². The van der Waals surface area contributed by atoms with Crippen LogP contribution in [0.25, 0.3) is 0 Å². The molecular formula is C14H15BrO2S. The minimum Gasteiger partial charge on any atom is -0.494 e. The second-order valence-electron chi connectivity index (χ2n) is 3.96. The second-order valence-corrected chi connectivity index (χ2v) is 6.10. The summed E-state index contributed by atoms with van der Waals surface area (Å²) in [5.41, 5.74) is 0.856. The van der Waals surface area contributed by atoms with Crippen molar-refractivity contribution in [2.75, 3.05) is 6.61 Å². The van der Waals surface area contributed by atoms with Gasteiger partial charge in [-0.25, -0.2) is 0 Å². The van der Waals surface area contributed by atoms with Gasteiger partial charge < -0.3 is 9.84 Å². The van der Waals surface area contributed by atoms with Crippen LogP contribution in [0, 0.1) is 6.92 Å². The van der Waals surface area contributed by atoms with Crippen LogP contribution in [0.4, 0.5) is 0 Å². The van der Waals surface area contributed by atoms with E-state index >= 15 is 0 Å². The van der Waals surface area contributed by atoms with E-state index in [0.717, 1.165) is 20.7 Å². The summed E-state index contributed by atoms with van der Waals surface area (Å²) in [6.45, 7) is 4.60. The van der Waals surface area contributed by atoms with Gasteiger partial charge >= 0.3 is 0 Å². The van der Waals surface area contributed by atoms with Crippen LogP contribution in [0.1, 0.15) is 28.3 Å². The van der Waals surface area contributed by atoms with Crippen molar-refractivity contribution >= 4 is 27.3 Å². The van der Waals surface area contributed by atoms with Gasteiger partial charge in [0.1, 0.15) is 11.9 Å². The Hall–Kier alpha value is -0.840. The fraction of sp³-hybridized carbons (Fsp3) is 0.286. The van der Waals surface area contributed by atoms with Crippen LogP contribution < -0.4 is 4.74 Å². The number of benzene rings is 1. The van der Waals surface area contributed by atoms with E-state index in [1.165, 1.54) is 4.88 Å². The number of hydrogen-bond acceptors (Lipinski definition) is 3. The summed E-state index contributed by atoms with van der Waals surface area (Å²) >= 11 is 5.07. The normalized spacial score (nSPS) is 12.4. The van der Waals surface area contributed by atoms with Gasteiger partial charge in [0.2, 0.25) is 0 Å². The van der Waals surface area contributed by atoms with Crippen molar-refractivity contribution < 1.29 is 9.84 Å². The topological polar surface area (TPSA) is 29.5 Å². The van der Waals surface area contributed by atoms with Crippen LogP contribution in [0.3, 0.4) is 0 Å². The second kappa shape index (κ2) is 5.87. The van der Waals surface area contributed by atoms with E-state index in [1.54, 1.807) is 11.3 Å². The van der Waals surface area contributed by atoms with Gasteiger partial charge in [0.15, 0.2) is 0 Å². The zero-order chi connectivity index (χ0) is 13.1. The lowest BCUT2D eigenvalue weighted by Crippen LogP contribution is -1.98. The van der Waals surface area contributed by atoms with Crippen molar-refractivity contribution in [2.45, 2.75) is 20.0 Å². The van der Waals surface area contributed by atoms with Crippen LogP contribution in [-0.4, -0.2) is 11.7 Å². The molecule has 0 radical (unpaired) electrons. The van der Waals surface area contributed by atoms with E-state index in [0.29, 0.717) is 6.61 Å². The molecule has 0 amide bonds. The Kier molecular flexibility index (Phi) is 4.43. The Balaban J connectivity index is 2.27. The zero-order valence-electron chi connectivity index (χ0n) is 10.3. The number of hydrogen-bond donors (Lipinski definition) is 1. The molecule has 0 aliphatic carbocycles. The highest BCUT2D eigenvalue weighted by atomic mass is 79.9. The van der Waals surface area contributed by atoms with E-state index in [2.05, 4.69) is 15.9 Å². The minimum absolute atomic E-state index is 0.597. The first-order chi connectivity index (χ1) is 8.61. The molecule has 1 unspecified atom stereocenters. The highest BCUT2D eigenvalue weighted by Gasteiger charge is 2.15. The van der Waals surface area contributed by atoms with Crippen molar-refractivity contribution in [3.8, 4) is 5.75 Å². The van der Waals surface area contributed by atoms with Crippen LogP contribution in [0.2, 0.25) is 0 Å². The standard InChI is InChI=1S/C14H15BrO2S/c1-3-17-11-6-4-5-10(7-11)14(16)13-8-12(15)9(2)18-13/h4-8,14,16H,3H2,1-2H3. The number of aliphatic hydroxyl groups excluding tert-OH is 1. The highest BCUT2D eigenvalue weighted by Crippen LogP contribution is 2.34. The number of halogens is 1. The average molecular weight is 327 g/mol.